The number of rotatable bonds is 3. The average molecular weight is 277 g/mol. The van der Waals surface area contributed by atoms with E-state index < -0.39 is 0 Å². The standard InChI is InChI=1S/C11H9BrN4/c12-11-5-9(2-1-8(11)6-13)14-7-10-3-4-15-16-10/h1-5,14H,7H2,(H,15,16). The lowest BCUT2D eigenvalue weighted by atomic mass is 10.2. The van der Waals surface area contributed by atoms with E-state index in [1.165, 1.54) is 0 Å². The monoisotopic (exact) mass is 276 g/mol. The third-order valence-electron chi connectivity index (χ3n) is 2.13. The second-order valence-electron chi connectivity index (χ2n) is 3.24. The minimum atomic E-state index is 0.632. The first-order valence-corrected chi connectivity index (χ1v) is 5.50. The maximum absolute atomic E-state index is 8.78. The lowest BCUT2D eigenvalue weighted by molar-refractivity contribution is 0.981. The second kappa shape index (κ2) is 4.81. The van der Waals surface area contributed by atoms with Gasteiger partial charge in [-0.1, -0.05) is 0 Å². The van der Waals surface area contributed by atoms with Crippen molar-refractivity contribution in [1.29, 1.82) is 5.26 Å². The Morgan fingerprint density at radius 3 is 2.94 bits per heavy atom. The van der Waals surface area contributed by atoms with Gasteiger partial charge in [0.15, 0.2) is 0 Å². The molecule has 0 bridgehead atoms. The van der Waals surface area contributed by atoms with Gasteiger partial charge >= 0.3 is 0 Å². The molecule has 2 N–H and O–H groups in total. The van der Waals surface area contributed by atoms with E-state index in [4.69, 9.17) is 5.26 Å². The quantitative estimate of drug-likeness (QED) is 0.906. The predicted molar refractivity (Wildman–Crippen MR) is 64.8 cm³/mol. The van der Waals surface area contributed by atoms with Gasteiger partial charge in [0.05, 0.1) is 17.8 Å². The van der Waals surface area contributed by atoms with Gasteiger partial charge in [0.2, 0.25) is 0 Å². The summed E-state index contributed by atoms with van der Waals surface area (Å²) in [6.45, 7) is 0.679. The number of nitrogens with zero attached hydrogens (tertiary/aromatic N) is 2. The van der Waals surface area contributed by atoms with Crippen molar-refractivity contribution in [3.8, 4) is 6.07 Å². The van der Waals surface area contributed by atoms with Crippen molar-refractivity contribution in [1.82, 2.24) is 10.2 Å². The third-order valence-corrected chi connectivity index (χ3v) is 2.79. The van der Waals surface area contributed by atoms with Crippen LogP contribution < -0.4 is 5.32 Å². The minimum absolute atomic E-state index is 0.632. The number of nitrogens with one attached hydrogen (secondary N) is 2. The highest BCUT2D eigenvalue weighted by Gasteiger charge is 2.00. The van der Waals surface area contributed by atoms with E-state index in [-0.39, 0.29) is 0 Å². The zero-order valence-electron chi connectivity index (χ0n) is 8.37. The highest BCUT2D eigenvalue weighted by atomic mass is 79.9. The molecule has 1 aromatic carbocycles. The summed E-state index contributed by atoms with van der Waals surface area (Å²) in [5, 5.41) is 18.7. The molecule has 0 fully saturated rings. The molecule has 0 amide bonds. The SMILES string of the molecule is N#Cc1ccc(NCc2ccn[nH]2)cc1Br. The molecule has 5 heteroatoms. The van der Waals surface area contributed by atoms with Crippen LogP contribution in [-0.2, 0) is 6.54 Å². The summed E-state index contributed by atoms with van der Waals surface area (Å²) in [5.74, 6) is 0. The first kappa shape index (κ1) is 10.7. The van der Waals surface area contributed by atoms with Crippen LogP contribution in [0.2, 0.25) is 0 Å². The summed E-state index contributed by atoms with van der Waals surface area (Å²) >= 11 is 3.34. The molecule has 4 nitrogen and oxygen atoms in total. The molecule has 0 spiro atoms. The van der Waals surface area contributed by atoms with Crippen molar-refractivity contribution in [3.63, 3.8) is 0 Å². The van der Waals surface area contributed by atoms with Crippen LogP contribution >= 0.6 is 15.9 Å². The van der Waals surface area contributed by atoms with Gasteiger partial charge in [0.1, 0.15) is 6.07 Å². The van der Waals surface area contributed by atoms with Crippen LogP contribution in [0, 0.1) is 11.3 Å². The molecule has 80 valence electrons. The highest BCUT2D eigenvalue weighted by molar-refractivity contribution is 9.10. The zero-order chi connectivity index (χ0) is 11.4. The molecule has 16 heavy (non-hydrogen) atoms. The van der Waals surface area contributed by atoms with E-state index in [0.717, 1.165) is 15.9 Å². The Labute approximate surface area is 101 Å². The van der Waals surface area contributed by atoms with E-state index >= 15 is 0 Å². The second-order valence-corrected chi connectivity index (χ2v) is 4.10. The molecule has 0 saturated heterocycles. The number of anilines is 1. The molecule has 0 radical (unpaired) electrons. The van der Waals surface area contributed by atoms with Gasteiger partial charge in [-0.25, -0.2) is 0 Å². The van der Waals surface area contributed by atoms with Gasteiger partial charge in [-0.2, -0.15) is 10.4 Å². The van der Waals surface area contributed by atoms with Gasteiger partial charge in [-0.05, 0) is 40.2 Å². The summed E-state index contributed by atoms with van der Waals surface area (Å²) in [6, 6.07) is 9.55. The summed E-state index contributed by atoms with van der Waals surface area (Å²) in [4.78, 5) is 0. The van der Waals surface area contributed by atoms with Gasteiger partial charge in [-0.15, -0.1) is 0 Å². The normalized spacial score (nSPS) is 9.75. The Hall–Kier alpha value is -1.80. The summed E-state index contributed by atoms with van der Waals surface area (Å²) < 4.78 is 0.796. The van der Waals surface area contributed by atoms with Crippen LogP contribution in [0.5, 0.6) is 0 Å². The van der Waals surface area contributed by atoms with Crippen LogP contribution in [0.1, 0.15) is 11.3 Å². The Bertz CT molecular complexity index is 513. The molecule has 0 aliphatic carbocycles. The Morgan fingerprint density at radius 1 is 1.44 bits per heavy atom. The van der Waals surface area contributed by atoms with E-state index in [9.17, 15) is 0 Å². The summed E-state index contributed by atoms with van der Waals surface area (Å²) in [5.41, 5.74) is 2.60. The van der Waals surface area contributed by atoms with Crippen LogP contribution in [0.4, 0.5) is 5.69 Å². The van der Waals surface area contributed by atoms with E-state index in [1.54, 1.807) is 12.3 Å². The first-order chi connectivity index (χ1) is 7.79. The van der Waals surface area contributed by atoms with E-state index in [0.29, 0.717) is 12.1 Å². The molecule has 1 heterocycles. The molecule has 0 aliphatic rings. The van der Waals surface area contributed by atoms with Crippen molar-refractivity contribution >= 4 is 21.6 Å². The smallest absolute Gasteiger partial charge is 0.100 e. The Kier molecular flexibility index (Phi) is 3.22. The number of nitriles is 1. The van der Waals surface area contributed by atoms with Crippen molar-refractivity contribution < 1.29 is 0 Å². The summed E-state index contributed by atoms with van der Waals surface area (Å²) in [6.07, 6.45) is 1.71. The molecule has 0 saturated carbocycles. The topological polar surface area (TPSA) is 64.5 Å². The van der Waals surface area contributed by atoms with Gasteiger partial charge in [0.25, 0.3) is 0 Å². The molecule has 2 aromatic rings. The number of hydrogen-bond acceptors (Lipinski definition) is 3. The number of H-pyrrole nitrogens is 1. The number of aromatic nitrogens is 2. The minimum Gasteiger partial charge on any atom is -0.379 e. The van der Waals surface area contributed by atoms with E-state index in [1.807, 2.05) is 18.2 Å². The summed E-state index contributed by atoms with van der Waals surface area (Å²) in [7, 11) is 0. The Morgan fingerprint density at radius 2 is 2.31 bits per heavy atom. The third kappa shape index (κ3) is 2.41. The lowest BCUT2D eigenvalue weighted by Gasteiger charge is -2.05. The van der Waals surface area contributed by atoms with Crippen LogP contribution in [-0.4, -0.2) is 10.2 Å². The number of hydrogen-bond donors (Lipinski definition) is 2. The molecule has 0 aliphatic heterocycles. The van der Waals surface area contributed by atoms with Crippen molar-refractivity contribution in [3.05, 3.63) is 46.2 Å². The zero-order valence-corrected chi connectivity index (χ0v) is 9.95. The molecule has 1 aromatic heterocycles. The maximum atomic E-state index is 8.78. The fraction of sp³-hybridized carbons (Fsp3) is 0.0909. The first-order valence-electron chi connectivity index (χ1n) is 4.71. The van der Waals surface area contributed by atoms with Crippen LogP contribution in [0.3, 0.4) is 0 Å². The number of halogens is 1. The van der Waals surface area contributed by atoms with E-state index in [2.05, 4.69) is 37.5 Å². The fourth-order valence-electron chi connectivity index (χ4n) is 1.30. The number of benzene rings is 1. The predicted octanol–water partition coefficient (Wildman–Crippen LogP) is 2.66. The molecular formula is C11H9BrN4. The van der Waals surface area contributed by atoms with Crippen LogP contribution in [0.25, 0.3) is 0 Å². The number of aromatic amines is 1. The van der Waals surface area contributed by atoms with Crippen molar-refractivity contribution in [2.45, 2.75) is 6.54 Å². The van der Waals surface area contributed by atoms with Gasteiger partial charge < -0.3 is 5.32 Å². The fourth-order valence-corrected chi connectivity index (χ4v) is 1.76. The van der Waals surface area contributed by atoms with Gasteiger partial charge in [-0.3, -0.25) is 5.10 Å². The largest absolute Gasteiger partial charge is 0.379 e. The molecule has 2 rings (SSSR count). The van der Waals surface area contributed by atoms with Crippen molar-refractivity contribution in [2.24, 2.45) is 0 Å². The lowest BCUT2D eigenvalue weighted by Crippen LogP contribution is -1.99. The molecule has 0 unspecified atom stereocenters. The van der Waals surface area contributed by atoms with Crippen LogP contribution in [0.15, 0.2) is 34.9 Å². The highest BCUT2D eigenvalue weighted by Crippen LogP contribution is 2.21. The maximum Gasteiger partial charge on any atom is 0.100 e. The molecular weight excluding hydrogens is 268 g/mol. The molecule has 0 atom stereocenters. The average Bonchev–Trinajstić information content (AvgIpc) is 2.79. The van der Waals surface area contributed by atoms with Gasteiger partial charge in [0, 0.05) is 16.4 Å². The van der Waals surface area contributed by atoms with Crippen molar-refractivity contribution in [2.75, 3.05) is 5.32 Å². The Balaban J connectivity index is 2.06.